The van der Waals surface area contributed by atoms with Gasteiger partial charge in [-0.15, -0.1) is 0 Å². The maximum atomic E-state index is 13.3. The van der Waals surface area contributed by atoms with Crippen LogP contribution >= 0.6 is 0 Å². The predicted molar refractivity (Wildman–Crippen MR) is 91.6 cm³/mol. The molecule has 3 nitrogen and oxygen atoms in total. The van der Waals surface area contributed by atoms with E-state index in [4.69, 9.17) is 9.47 Å². The molecule has 2 aromatic rings. The van der Waals surface area contributed by atoms with Gasteiger partial charge in [-0.05, 0) is 49.9 Å². The number of rotatable bonds is 4. The molecule has 0 aliphatic carbocycles. The summed E-state index contributed by atoms with van der Waals surface area (Å²) in [5.74, 6) is 0.531. The number of ether oxygens (including phenoxy) is 2. The molecule has 3 atom stereocenters. The number of para-hydroxylation sites is 1. The van der Waals surface area contributed by atoms with Gasteiger partial charge in [-0.25, -0.2) is 0 Å². The molecule has 2 aliphatic heterocycles. The Morgan fingerprint density at radius 1 is 0.885 bits per heavy atom. The summed E-state index contributed by atoms with van der Waals surface area (Å²) in [4.78, 5) is 0. The van der Waals surface area contributed by atoms with Crippen LogP contribution in [0.4, 0.5) is 13.2 Å². The standard InChI is InChI=1S/C20H20F3NO2/c21-20(22,23)18-9-8-16(12-19(18)26-15-4-2-1-3-5-15)25-17-10-13-6-7-14(11-17)24-13/h1-5,8-9,12-14,17,24H,6-7,10-11H2/t13-,14+,17?. The third-order valence-corrected chi connectivity index (χ3v) is 4.96. The number of benzene rings is 2. The molecule has 0 radical (unpaired) electrons. The molecule has 2 saturated heterocycles. The van der Waals surface area contributed by atoms with E-state index in [2.05, 4.69) is 5.32 Å². The van der Waals surface area contributed by atoms with Crippen molar-refractivity contribution in [3.8, 4) is 17.2 Å². The molecule has 4 rings (SSSR count). The van der Waals surface area contributed by atoms with Gasteiger partial charge >= 0.3 is 6.18 Å². The van der Waals surface area contributed by atoms with Gasteiger partial charge in [-0.2, -0.15) is 13.2 Å². The Morgan fingerprint density at radius 3 is 2.23 bits per heavy atom. The molecule has 2 bridgehead atoms. The number of halogens is 3. The third kappa shape index (κ3) is 3.80. The van der Waals surface area contributed by atoms with Gasteiger partial charge in [0, 0.05) is 18.2 Å². The van der Waals surface area contributed by atoms with Crippen molar-refractivity contribution in [2.75, 3.05) is 0 Å². The van der Waals surface area contributed by atoms with Gasteiger partial charge in [0.15, 0.2) is 0 Å². The highest BCUT2D eigenvalue weighted by atomic mass is 19.4. The number of alkyl halides is 3. The first-order valence-electron chi connectivity index (χ1n) is 8.84. The first-order chi connectivity index (χ1) is 12.5. The number of hydrogen-bond donors (Lipinski definition) is 1. The minimum Gasteiger partial charge on any atom is -0.490 e. The van der Waals surface area contributed by atoms with Crippen LogP contribution in [0.3, 0.4) is 0 Å². The first-order valence-corrected chi connectivity index (χ1v) is 8.84. The lowest BCUT2D eigenvalue weighted by Crippen LogP contribution is -2.42. The summed E-state index contributed by atoms with van der Waals surface area (Å²) < 4.78 is 51.5. The molecule has 0 saturated carbocycles. The van der Waals surface area contributed by atoms with Crippen LogP contribution < -0.4 is 14.8 Å². The van der Waals surface area contributed by atoms with Crippen molar-refractivity contribution >= 4 is 0 Å². The van der Waals surface area contributed by atoms with Gasteiger partial charge in [-0.3, -0.25) is 0 Å². The van der Waals surface area contributed by atoms with Gasteiger partial charge in [0.05, 0.1) is 5.56 Å². The first kappa shape index (κ1) is 17.2. The van der Waals surface area contributed by atoms with E-state index in [1.54, 1.807) is 30.3 Å². The maximum Gasteiger partial charge on any atom is 0.419 e. The zero-order valence-electron chi connectivity index (χ0n) is 14.1. The van der Waals surface area contributed by atoms with Crippen LogP contribution in [0.5, 0.6) is 17.2 Å². The minimum atomic E-state index is -4.49. The van der Waals surface area contributed by atoms with Gasteiger partial charge in [-0.1, -0.05) is 18.2 Å². The number of piperidine rings is 1. The summed E-state index contributed by atoms with van der Waals surface area (Å²) in [5, 5.41) is 3.53. The Morgan fingerprint density at radius 2 is 1.58 bits per heavy atom. The molecule has 2 fully saturated rings. The average molecular weight is 363 g/mol. The van der Waals surface area contributed by atoms with Crippen molar-refractivity contribution in [1.82, 2.24) is 5.32 Å². The molecule has 26 heavy (non-hydrogen) atoms. The van der Waals surface area contributed by atoms with Crippen molar-refractivity contribution in [2.24, 2.45) is 0 Å². The lowest BCUT2D eigenvalue weighted by Gasteiger charge is -2.29. The highest BCUT2D eigenvalue weighted by Crippen LogP contribution is 2.40. The number of hydrogen-bond acceptors (Lipinski definition) is 3. The summed E-state index contributed by atoms with van der Waals surface area (Å²) in [5.41, 5.74) is -0.806. The van der Waals surface area contributed by atoms with Crippen molar-refractivity contribution in [2.45, 2.75) is 50.0 Å². The summed E-state index contributed by atoms with van der Waals surface area (Å²) >= 11 is 0. The van der Waals surface area contributed by atoms with Gasteiger partial charge < -0.3 is 14.8 Å². The molecular weight excluding hydrogens is 343 g/mol. The second-order valence-electron chi connectivity index (χ2n) is 6.92. The topological polar surface area (TPSA) is 30.5 Å². The zero-order valence-corrected chi connectivity index (χ0v) is 14.1. The van der Waals surface area contributed by atoms with Crippen molar-refractivity contribution in [3.05, 3.63) is 54.1 Å². The lowest BCUT2D eigenvalue weighted by molar-refractivity contribution is -0.138. The zero-order chi connectivity index (χ0) is 18.1. The summed E-state index contributed by atoms with van der Waals surface area (Å²) in [7, 11) is 0. The maximum absolute atomic E-state index is 13.3. The minimum absolute atomic E-state index is 0.0232. The van der Waals surface area contributed by atoms with E-state index >= 15 is 0 Å². The van der Waals surface area contributed by atoms with Crippen molar-refractivity contribution in [1.29, 1.82) is 0 Å². The smallest absolute Gasteiger partial charge is 0.419 e. The normalized spacial score (nSPS) is 25.1. The second-order valence-corrected chi connectivity index (χ2v) is 6.92. The SMILES string of the molecule is FC(F)(F)c1ccc(OC2C[C@H]3CC[C@@H](C2)N3)cc1Oc1ccccc1. The Kier molecular flexibility index (Phi) is 4.53. The molecule has 0 amide bonds. The summed E-state index contributed by atoms with van der Waals surface area (Å²) in [6, 6.07) is 13.1. The monoisotopic (exact) mass is 363 g/mol. The predicted octanol–water partition coefficient (Wildman–Crippen LogP) is 5.16. The van der Waals surface area contributed by atoms with E-state index < -0.39 is 11.7 Å². The van der Waals surface area contributed by atoms with Gasteiger partial charge in [0.25, 0.3) is 0 Å². The fraction of sp³-hybridized carbons (Fsp3) is 0.400. The van der Waals surface area contributed by atoms with Crippen LogP contribution in [0.2, 0.25) is 0 Å². The van der Waals surface area contributed by atoms with E-state index in [9.17, 15) is 13.2 Å². The highest BCUT2D eigenvalue weighted by molar-refractivity contribution is 5.45. The van der Waals surface area contributed by atoms with Crippen LogP contribution in [-0.2, 0) is 6.18 Å². The molecule has 2 aromatic carbocycles. The van der Waals surface area contributed by atoms with Gasteiger partial charge in [0.2, 0.25) is 0 Å². The lowest BCUT2D eigenvalue weighted by atomic mass is 10.0. The largest absolute Gasteiger partial charge is 0.490 e. The Bertz CT molecular complexity index is 751. The van der Waals surface area contributed by atoms with Crippen molar-refractivity contribution < 1.29 is 22.6 Å². The van der Waals surface area contributed by atoms with E-state index in [1.165, 1.54) is 12.1 Å². The molecule has 138 valence electrons. The molecular formula is C20H20F3NO2. The Balaban J connectivity index is 1.57. The highest BCUT2D eigenvalue weighted by Gasteiger charge is 2.36. The summed E-state index contributed by atoms with van der Waals surface area (Å²) in [6.45, 7) is 0. The summed E-state index contributed by atoms with van der Waals surface area (Å²) in [6.07, 6.45) is -0.426. The number of fused-ring (bicyclic) bond motifs is 2. The molecule has 2 heterocycles. The van der Waals surface area contributed by atoms with E-state index in [0.29, 0.717) is 23.6 Å². The van der Waals surface area contributed by atoms with Crippen LogP contribution in [0.25, 0.3) is 0 Å². The second kappa shape index (κ2) is 6.83. The molecule has 6 heteroatoms. The van der Waals surface area contributed by atoms with E-state index in [-0.39, 0.29) is 11.9 Å². The molecule has 1 N–H and O–H groups in total. The van der Waals surface area contributed by atoms with Crippen LogP contribution in [0.1, 0.15) is 31.2 Å². The number of nitrogens with one attached hydrogen (secondary N) is 1. The molecule has 0 aromatic heterocycles. The average Bonchev–Trinajstić information content (AvgIpc) is 2.93. The quantitative estimate of drug-likeness (QED) is 0.814. The fourth-order valence-corrected chi connectivity index (χ4v) is 3.80. The molecule has 1 unspecified atom stereocenters. The van der Waals surface area contributed by atoms with Crippen LogP contribution in [-0.4, -0.2) is 18.2 Å². The van der Waals surface area contributed by atoms with Crippen LogP contribution in [0, 0.1) is 0 Å². The Hall–Kier alpha value is -2.21. The van der Waals surface area contributed by atoms with E-state index in [1.807, 2.05) is 0 Å². The van der Waals surface area contributed by atoms with Gasteiger partial charge in [0.1, 0.15) is 23.4 Å². The fourth-order valence-electron chi connectivity index (χ4n) is 3.80. The molecule has 2 aliphatic rings. The van der Waals surface area contributed by atoms with Crippen molar-refractivity contribution in [3.63, 3.8) is 0 Å². The van der Waals surface area contributed by atoms with Crippen LogP contribution in [0.15, 0.2) is 48.5 Å². The van der Waals surface area contributed by atoms with E-state index in [0.717, 1.165) is 31.7 Å². The Labute approximate surface area is 150 Å². The molecule has 0 spiro atoms. The third-order valence-electron chi connectivity index (χ3n) is 4.96.